The van der Waals surface area contributed by atoms with Gasteiger partial charge in [0.2, 0.25) is 5.95 Å². The highest BCUT2D eigenvalue weighted by Crippen LogP contribution is 2.11. The highest BCUT2D eigenvalue weighted by molar-refractivity contribution is 6.30. The van der Waals surface area contributed by atoms with Crippen LogP contribution in [0.1, 0.15) is 16.3 Å². The standard InChI is InChI=1S/C15H15ClN6O2/c16-11-8-21-22(9-11)10-12-2-3-13(24-12)14(23)17-6-7-20-15-18-4-1-5-19-15/h1-5,8-9H,6-7,10H2,(H,17,23)(H,18,19,20). The number of nitrogens with zero attached hydrogens (tertiary/aromatic N) is 4. The molecule has 24 heavy (non-hydrogen) atoms. The molecular formula is C15H15ClN6O2. The molecule has 0 fully saturated rings. The Bertz CT molecular complexity index is 801. The van der Waals surface area contributed by atoms with Crippen LogP contribution in [0.5, 0.6) is 0 Å². The number of nitrogens with one attached hydrogen (secondary N) is 2. The molecule has 0 saturated heterocycles. The van der Waals surface area contributed by atoms with Gasteiger partial charge in [-0.2, -0.15) is 5.10 Å². The zero-order valence-corrected chi connectivity index (χ0v) is 13.4. The Balaban J connectivity index is 1.45. The van der Waals surface area contributed by atoms with E-state index in [1.807, 2.05) is 0 Å². The summed E-state index contributed by atoms with van der Waals surface area (Å²) in [6.45, 7) is 1.34. The van der Waals surface area contributed by atoms with E-state index in [2.05, 4.69) is 25.7 Å². The largest absolute Gasteiger partial charge is 0.454 e. The summed E-state index contributed by atoms with van der Waals surface area (Å²) in [4.78, 5) is 20.1. The van der Waals surface area contributed by atoms with E-state index in [1.165, 1.54) is 0 Å². The van der Waals surface area contributed by atoms with Crippen molar-refractivity contribution in [2.45, 2.75) is 6.54 Å². The molecule has 2 N–H and O–H groups in total. The van der Waals surface area contributed by atoms with E-state index < -0.39 is 0 Å². The molecule has 3 rings (SSSR count). The Labute approximate surface area is 142 Å². The number of carbonyl (C=O) groups excluding carboxylic acids is 1. The van der Waals surface area contributed by atoms with Crippen LogP contribution < -0.4 is 10.6 Å². The molecule has 9 heteroatoms. The smallest absolute Gasteiger partial charge is 0.287 e. The average molecular weight is 347 g/mol. The third-order valence-corrected chi connectivity index (χ3v) is 3.26. The van der Waals surface area contributed by atoms with E-state index in [-0.39, 0.29) is 11.7 Å². The maximum Gasteiger partial charge on any atom is 0.287 e. The van der Waals surface area contributed by atoms with Crippen molar-refractivity contribution in [2.75, 3.05) is 18.4 Å². The molecule has 0 aliphatic carbocycles. The quantitative estimate of drug-likeness (QED) is 0.633. The van der Waals surface area contributed by atoms with Crippen LogP contribution in [0, 0.1) is 0 Å². The normalized spacial score (nSPS) is 10.5. The number of carbonyl (C=O) groups is 1. The minimum Gasteiger partial charge on any atom is -0.454 e. The Kier molecular flexibility index (Phi) is 5.07. The third kappa shape index (κ3) is 4.32. The summed E-state index contributed by atoms with van der Waals surface area (Å²) in [7, 11) is 0. The van der Waals surface area contributed by atoms with Crippen LogP contribution >= 0.6 is 11.6 Å². The number of hydrogen-bond acceptors (Lipinski definition) is 6. The summed E-state index contributed by atoms with van der Waals surface area (Å²) in [6, 6.07) is 5.10. The van der Waals surface area contributed by atoms with Crippen molar-refractivity contribution in [3.8, 4) is 0 Å². The maximum absolute atomic E-state index is 12.0. The van der Waals surface area contributed by atoms with Crippen molar-refractivity contribution in [1.82, 2.24) is 25.1 Å². The molecule has 0 atom stereocenters. The van der Waals surface area contributed by atoms with Crippen LogP contribution in [0.15, 0.2) is 47.4 Å². The second kappa shape index (κ2) is 7.60. The number of hydrogen-bond donors (Lipinski definition) is 2. The molecule has 8 nitrogen and oxygen atoms in total. The Hall–Kier alpha value is -2.87. The maximum atomic E-state index is 12.0. The molecule has 3 aromatic heterocycles. The first-order chi connectivity index (χ1) is 11.7. The predicted molar refractivity (Wildman–Crippen MR) is 87.9 cm³/mol. The first kappa shape index (κ1) is 16.0. The Morgan fingerprint density at radius 2 is 2.08 bits per heavy atom. The summed E-state index contributed by atoms with van der Waals surface area (Å²) in [5.41, 5.74) is 0. The van der Waals surface area contributed by atoms with E-state index in [0.29, 0.717) is 36.4 Å². The van der Waals surface area contributed by atoms with Crippen LogP contribution in [0.3, 0.4) is 0 Å². The number of furan rings is 1. The van der Waals surface area contributed by atoms with Crippen molar-refractivity contribution >= 4 is 23.5 Å². The zero-order chi connectivity index (χ0) is 16.8. The summed E-state index contributed by atoms with van der Waals surface area (Å²) >= 11 is 5.80. The molecule has 3 aromatic rings. The third-order valence-electron chi connectivity index (χ3n) is 3.06. The molecule has 0 unspecified atom stereocenters. The Morgan fingerprint density at radius 1 is 1.25 bits per heavy atom. The van der Waals surface area contributed by atoms with Crippen LogP contribution in [-0.2, 0) is 6.54 Å². The molecule has 0 aliphatic heterocycles. The van der Waals surface area contributed by atoms with Crippen molar-refractivity contribution in [1.29, 1.82) is 0 Å². The summed E-state index contributed by atoms with van der Waals surface area (Å²) < 4.78 is 7.14. The lowest BCUT2D eigenvalue weighted by atomic mass is 10.4. The van der Waals surface area contributed by atoms with Gasteiger partial charge >= 0.3 is 0 Å². The number of aromatic nitrogens is 4. The van der Waals surface area contributed by atoms with E-state index in [9.17, 15) is 4.79 Å². The molecule has 0 saturated carbocycles. The van der Waals surface area contributed by atoms with Gasteiger partial charge in [0.05, 0.1) is 17.8 Å². The van der Waals surface area contributed by atoms with Crippen molar-refractivity contribution < 1.29 is 9.21 Å². The zero-order valence-electron chi connectivity index (χ0n) is 12.6. The second-order valence-corrected chi connectivity index (χ2v) is 5.31. The number of halogens is 1. The SMILES string of the molecule is O=C(NCCNc1ncccn1)c1ccc(Cn2cc(Cl)cn2)o1. The minimum atomic E-state index is -0.282. The fraction of sp³-hybridized carbons (Fsp3) is 0.200. The van der Waals surface area contributed by atoms with Crippen LogP contribution in [0.4, 0.5) is 5.95 Å². The van der Waals surface area contributed by atoms with Crippen LogP contribution in [0.2, 0.25) is 5.02 Å². The fourth-order valence-electron chi connectivity index (χ4n) is 2.00. The molecule has 3 heterocycles. The van der Waals surface area contributed by atoms with E-state index in [4.69, 9.17) is 16.0 Å². The van der Waals surface area contributed by atoms with E-state index in [0.717, 1.165) is 0 Å². The van der Waals surface area contributed by atoms with Gasteiger partial charge in [0.25, 0.3) is 5.91 Å². The molecule has 1 amide bonds. The molecule has 124 valence electrons. The summed E-state index contributed by atoms with van der Waals surface area (Å²) in [5.74, 6) is 1.11. The Morgan fingerprint density at radius 3 is 2.83 bits per heavy atom. The number of anilines is 1. The fourth-order valence-corrected chi connectivity index (χ4v) is 2.15. The molecular weight excluding hydrogens is 332 g/mol. The van der Waals surface area contributed by atoms with Gasteiger partial charge in [0.1, 0.15) is 5.76 Å². The summed E-state index contributed by atoms with van der Waals surface area (Å²) in [5, 5.41) is 10.4. The highest BCUT2D eigenvalue weighted by Gasteiger charge is 2.11. The highest BCUT2D eigenvalue weighted by atomic mass is 35.5. The molecule has 0 spiro atoms. The van der Waals surface area contributed by atoms with Gasteiger partial charge in [-0.25, -0.2) is 9.97 Å². The minimum absolute atomic E-state index is 0.249. The second-order valence-electron chi connectivity index (χ2n) is 4.88. The van der Waals surface area contributed by atoms with E-state index in [1.54, 1.807) is 47.7 Å². The van der Waals surface area contributed by atoms with Gasteiger partial charge in [0.15, 0.2) is 5.76 Å². The van der Waals surface area contributed by atoms with Gasteiger partial charge in [0, 0.05) is 31.7 Å². The van der Waals surface area contributed by atoms with Crippen LogP contribution in [-0.4, -0.2) is 38.7 Å². The molecule has 0 bridgehead atoms. The van der Waals surface area contributed by atoms with Gasteiger partial charge in [-0.15, -0.1) is 0 Å². The van der Waals surface area contributed by atoms with Gasteiger partial charge in [-0.05, 0) is 18.2 Å². The van der Waals surface area contributed by atoms with Gasteiger partial charge < -0.3 is 15.1 Å². The topological polar surface area (TPSA) is 97.9 Å². The lowest BCUT2D eigenvalue weighted by Crippen LogP contribution is -2.28. The number of rotatable bonds is 7. The predicted octanol–water partition coefficient (Wildman–Crippen LogP) is 1.81. The first-order valence-corrected chi connectivity index (χ1v) is 7.64. The number of amides is 1. The first-order valence-electron chi connectivity index (χ1n) is 7.26. The monoisotopic (exact) mass is 346 g/mol. The molecule has 0 aromatic carbocycles. The van der Waals surface area contributed by atoms with Crippen molar-refractivity contribution in [3.63, 3.8) is 0 Å². The van der Waals surface area contributed by atoms with E-state index >= 15 is 0 Å². The average Bonchev–Trinajstić information content (AvgIpc) is 3.22. The summed E-state index contributed by atoms with van der Waals surface area (Å²) in [6.07, 6.45) is 6.51. The lowest BCUT2D eigenvalue weighted by Gasteiger charge is -2.05. The van der Waals surface area contributed by atoms with Crippen LogP contribution in [0.25, 0.3) is 0 Å². The molecule has 0 aliphatic rings. The van der Waals surface area contributed by atoms with Gasteiger partial charge in [-0.1, -0.05) is 11.6 Å². The lowest BCUT2D eigenvalue weighted by molar-refractivity contribution is 0.0925. The van der Waals surface area contributed by atoms with Crippen molar-refractivity contribution in [2.24, 2.45) is 0 Å². The van der Waals surface area contributed by atoms with Crippen molar-refractivity contribution in [3.05, 3.63) is 59.5 Å². The van der Waals surface area contributed by atoms with Gasteiger partial charge in [-0.3, -0.25) is 9.48 Å². The molecule has 0 radical (unpaired) electrons.